The van der Waals surface area contributed by atoms with Crippen molar-refractivity contribution in [2.45, 2.75) is 24.8 Å². The molecule has 0 spiro atoms. The number of nitrogens with zero attached hydrogens (tertiary/aromatic N) is 2. The fourth-order valence-electron chi connectivity index (χ4n) is 3.99. The summed E-state index contributed by atoms with van der Waals surface area (Å²) in [7, 11) is 1.65. The molecule has 1 saturated heterocycles. The lowest BCUT2D eigenvalue weighted by Gasteiger charge is -2.47. The second-order valence-electron chi connectivity index (χ2n) is 7.19. The molecule has 1 amide bonds. The number of carbonyl (C=O) groups is 1. The molecule has 0 aromatic heterocycles. The molecule has 1 N–H and O–H groups in total. The lowest BCUT2D eigenvalue weighted by Crippen LogP contribution is -2.60. The van der Waals surface area contributed by atoms with Crippen molar-refractivity contribution in [3.05, 3.63) is 66.2 Å². The molecule has 27 heavy (non-hydrogen) atoms. The Morgan fingerprint density at radius 3 is 2.22 bits per heavy atom. The highest BCUT2D eigenvalue weighted by molar-refractivity contribution is 5.87. The Kier molecular flexibility index (Phi) is 6.48. The van der Waals surface area contributed by atoms with E-state index in [2.05, 4.69) is 29.2 Å². The van der Waals surface area contributed by atoms with Crippen LogP contribution in [-0.4, -0.2) is 55.0 Å². The van der Waals surface area contributed by atoms with Gasteiger partial charge in [0.15, 0.2) is 0 Å². The second-order valence-corrected chi connectivity index (χ2v) is 7.19. The number of hydrogen-bond acceptors (Lipinski definition) is 3. The molecule has 144 valence electrons. The van der Waals surface area contributed by atoms with E-state index in [1.54, 1.807) is 7.11 Å². The van der Waals surface area contributed by atoms with Crippen molar-refractivity contribution in [3.63, 3.8) is 0 Å². The van der Waals surface area contributed by atoms with Crippen LogP contribution in [0.25, 0.3) is 0 Å². The third kappa shape index (κ3) is 4.67. The van der Waals surface area contributed by atoms with Crippen LogP contribution < -0.4 is 4.90 Å². The molecular formula is C22H28N2O3. The molecule has 0 radical (unpaired) electrons. The maximum atomic E-state index is 12.1. The minimum absolute atomic E-state index is 0.403. The lowest BCUT2D eigenvalue weighted by atomic mass is 9.85. The van der Waals surface area contributed by atoms with Gasteiger partial charge in [0, 0.05) is 32.4 Å². The van der Waals surface area contributed by atoms with Crippen LogP contribution in [0.1, 0.15) is 18.4 Å². The van der Waals surface area contributed by atoms with Crippen molar-refractivity contribution in [1.29, 1.82) is 0 Å². The van der Waals surface area contributed by atoms with Gasteiger partial charge in [0.05, 0.1) is 12.1 Å². The minimum Gasteiger partial charge on any atom is -0.465 e. The predicted octanol–water partition coefficient (Wildman–Crippen LogP) is 3.89. The van der Waals surface area contributed by atoms with Crippen molar-refractivity contribution in [3.8, 4) is 0 Å². The number of benzene rings is 2. The van der Waals surface area contributed by atoms with Crippen molar-refractivity contribution in [2.24, 2.45) is 0 Å². The van der Waals surface area contributed by atoms with Gasteiger partial charge in [-0.3, -0.25) is 4.90 Å². The van der Waals surface area contributed by atoms with Gasteiger partial charge in [-0.15, -0.1) is 0 Å². The highest BCUT2D eigenvalue weighted by Gasteiger charge is 2.43. The van der Waals surface area contributed by atoms with Crippen LogP contribution in [-0.2, 0) is 11.2 Å². The van der Waals surface area contributed by atoms with Gasteiger partial charge in [-0.1, -0.05) is 48.5 Å². The van der Waals surface area contributed by atoms with E-state index in [1.807, 2.05) is 36.4 Å². The first kappa shape index (κ1) is 19.4. The molecule has 0 bridgehead atoms. The summed E-state index contributed by atoms with van der Waals surface area (Å²) in [6.45, 7) is 3.13. The third-order valence-electron chi connectivity index (χ3n) is 5.44. The van der Waals surface area contributed by atoms with Crippen LogP contribution in [0.15, 0.2) is 60.7 Å². The average Bonchev–Trinajstić information content (AvgIpc) is 2.69. The second kappa shape index (κ2) is 9.02. The normalized spacial score (nSPS) is 16.8. The molecule has 0 aliphatic carbocycles. The monoisotopic (exact) mass is 368 g/mol. The van der Waals surface area contributed by atoms with Gasteiger partial charge in [-0.05, 0) is 37.0 Å². The van der Waals surface area contributed by atoms with Crippen LogP contribution in [0.2, 0.25) is 0 Å². The number of hydrogen-bond donors (Lipinski definition) is 1. The highest BCUT2D eigenvalue weighted by atomic mass is 16.5. The molecule has 5 nitrogen and oxygen atoms in total. The van der Waals surface area contributed by atoms with Crippen molar-refractivity contribution < 1.29 is 14.6 Å². The van der Waals surface area contributed by atoms with Crippen molar-refractivity contribution in [2.75, 3.05) is 38.3 Å². The van der Waals surface area contributed by atoms with E-state index >= 15 is 0 Å². The molecular weight excluding hydrogens is 340 g/mol. The largest absolute Gasteiger partial charge is 0.465 e. The number of ether oxygens (including phenoxy) is 1. The molecule has 5 heteroatoms. The molecule has 3 rings (SSSR count). The number of likely N-dealkylation sites (tertiary alicyclic amines) is 1. The average molecular weight is 368 g/mol. The smallest absolute Gasteiger partial charge is 0.412 e. The number of anilines is 1. The van der Waals surface area contributed by atoms with E-state index < -0.39 is 11.6 Å². The number of rotatable bonds is 7. The Bertz CT molecular complexity index is 713. The molecule has 0 atom stereocenters. The summed E-state index contributed by atoms with van der Waals surface area (Å²) >= 11 is 0. The van der Waals surface area contributed by atoms with Crippen LogP contribution in [0.5, 0.6) is 0 Å². The topological polar surface area (TPSA) is 53.0 Å². The zero-order valence-corrected chi connectivity index (χ0v) is 15.9. The molecule has 0 unspecified atom stereocenters. The van der Waals surface area contributed by atoms with E-state index in [0.29, 0.717) is 12.3 Å². The van der Waals surface area contributed by atoms with Gasteiger partial charge in [0.2, 0.25) is 0 Å². The Labute approximate surface area is 161 Å². The SMILES string of the molecule is COCC1(N(C(=O)O)c2ccccc2)CCN(CCc2ccccc2)CC1. The first-order valence-electron chi connectivity index (χ1n) is 9.48. The third-order valence-corrected chi connectivity index (χ3v) is 5.44. The highest BCUT2D eigenvalue weighted by Crippen LogP contribution is 2.34. The van der Waals surface area contributed by atoms with E-state index in [9.17, 15) is 9.90 Å². The van der Waals surface area contributed by atoms with Crippen LogP contribution >= 0.6 is 0 Å². The number of piperidine rings is 1. The Balaban J connectivity index is 1.69. The van der Waals surface area contributed by atoms with Crippen LogP contribution in [0.3, 0.4) is 0 Å². The fraction of sp³-hybridized carbons (Fsp3) is 0.409. The van der Waals surface area contributed by atoms with Gasteiger partial charge in [-0.2, -0.15) is 0 Å². The first-order valence-corrected chi connectivity index (χ1v) is 9.48. The Morgan fingerprint density at radius 2 is 1.67 bits per heavy atom. The Morgan fingerprint density at radius 1 is 1.07 bits per heavy atom. The molecule has 1 fully saturated rings. The molecule has 2 aromatic carbocycles. The fourth-order valence-corrected chi connectivity index (χ4v) is 3.99. The number of para-hydroxylation sites is 1. The standard InChI is InChI=1S/C22H28N2O3/c1-27-18-22(24(21(25)26)20-10-6-3-7-11-20)13-16-23(17-14-22)15-12-19-8-4-2-5-9-19/h2-11H,12-18H2,1H3,(H,25,26). The van der Waals surface area contributed by atoms with E-state index in [1.165, 1.54) is 10.5 Å². The van der Waals surface area contributed by atoms with Crippen LogP contribution in [0, 0.1) is 0 Å². The lowest BCUT2D eigenvalue weighted by molar-refractivity contribution is 0.0705. The van der Waals surface area contributed by atoms with Gasteiger partial charge in [0.25, 0.3) is 0 Å². The van der Waals surface area contributed by atoms with Gasteiger partial charge in [-0.25, -0.2) is 4.79 Å². The molecule has 1 heterocycles. The summed E-state index contributed by atoms with van der Waals surface area (Å²) in [4.78, 5) is 16.1. The maximum Gasteiger partial charge on any atom is 0.412 e. The van der Waals surface area contributed by atoms with Crippen molar-refractivity contribution >= 4 is 11.8 Å². The minimum atomic E-state index is -0.920. The first-order chi connectivity index (χ1) is 13.1. The van der Waals surface area contributed by atoms with Gasteiger partial charge < -0.3 is 14.7 Å². The number of methoxy groups -OCH3 is 1. The summed E-state index contributed by atoms with van der Waals surface area (Å²) < 4.78 is 5.48. The molecule has 2 aromatic rings. The van der Waals surface area contributed by atoms with E-state index in [-0.39, 0.29) is 0 Å². The van der Waals surface area contributed by atoms with E-state index in [4.69, 9.17) is 4.74 Å². The van der Waals surface area contributed by atoms with Crippen molar-refractivity contribution in [1.82, 2.24) is 4.90 Å². The summed E-state index contributed by atoms with van der Waals surface area (Å²) in [6, 6.07) is 19.8. The maximum absolute atomic E-state index is 12.1. The number of carboxylic acid groups (broad SMARTS) is 1. The Hall–Kier alpha value is -2.37. The summed E-state index contributed by atoms with van der Waals surface area (Å²) in [6.07, 6.45) is 1.61. The molecule has 1 aliphatic heterocycles. The zero-order valence-electron chi connectivity index (χ0n) is 15.9. The predicted molar refractivity (Wildman–Crippen MR) is 107 cm³/mol. The summed E-state index contributed by atoms with van der Waals surface area (Å²) in [5.41, 5.74) is 1.52. The van der Waals surface area contributed by atoms with Gasteiger partial charge >= 0.3 is 6.09 Å². The number of amides is 1. The molecule has 1 aliphatic rings. The summed E-state index contributed by atoms with van der Waals surface area (Å²) in [5.74, 6) is 0. The van der Waals surface area contributed by atoms with Crippen LogP contribution in [0.4, 0.5) is 10.5 Å². The zero-order chi connectivity index (χ0) is 19.1. The quantitative estimate of drug-likeness (QED) is 0.805. The summed E-state index contributed by atoms with van der Waals surface area (Å²) in [5, 5.41) is 9.95. The van der Waals surface area contributed by atoms with Gasteiger partial charge in [0.1, 0.15) is 0 Å². The van der Waals surface area contributed by atoms with E-state index in [0.717, 1.165) is 38.9 Å². The molecule has 0 saturated carbocycles.